The molecular formula is C12H16N2OS. The van der Waals surface area contributed by atoms with Gasteiger partial charge in [-0.25, -0.2) is 0 Å². The first-order chi connectivity index (χ1) is 7.72. The highest BCUT2D eigenvalue weighted by Crippen LogP contribution is 2.14. The monoisotopic (exact) mass is 236 g/mol. The van der Waals surface area contributed by atoms with Crippen molar-refractivity contribution in [2.24, 2.45) is 0 Å². The smallest absolute Gasteiger partial charge is 0.110 e. The molecule has 0 radical (unpaired) electrons. The van der Waals surface area contributed by atoms with Gasteiger partial charge in [-0.1, -0.05) is 12.2 Å². The molecule has 1 aromatic rings. The summed E-state index contributed by atoms with van der Waals surface area (Å²) in [5.41, 5.74) is 1.04. The van der Waals surface area contributed by atoms with Gasteiger partial charge < -0.3 is 10.1 Å². The maximum Gasteiger partial charge on any atom is 0.110 e. The van der Waals surface area contributed by atoms with Crippen LogP contribution in [0.4, 0.5) is 0 Å². The van der Waals surface area contributed by atoms with Gasteiger partial charge in [0.2, 0.25) is 0 Å². The Morgan fingerprint density at radius 1 is 1.62 bits per heavy atom. The van der Waals surface area contributed by atoms with E-state index in [2.05, 4.69) is 18.0 Å². The lowest BCUT2D eigenvalue weighted by atomic mass is 10.4. The van der Waals surface area contributed by atoms with Crippen LogP contribution in [0, 0.1) is 11.3 Å². The molecule has 1 rings (SSSR count). The molecule has 0 amide bonds. The summed E-state index contributed by atoms with van der Waals surface area (Å²) in [7, 11) is 0. The number of nitrogens with one attached hydrogen (secondary N) is 1. The van der Waals surface area contributed by atoms with Gasteiger partial charge in [0, 0.05) is 18.0 Å². The second-order valence-electron chi connectivity index (χ2n) is 3.56. The molecule has 0 unspecified atom stereocenters. The molecule has 0 saturated carbocycles. The van der Waals surface area contributed by atoms with Crippen molar-refractivity contribution in [2.75, 3.05) is 19.8 Å². The van der Waals surface area contributed by atoms with Crippen molar-refractivity contribution in [2.45, 2.75) is 13.5 Å². The molecule has 86 valence electrons. The standard InChI is InChI=1S/C12H16N2OS/c1-10(2)9-15-6-5-14-8-12-4-3-11(7-13)16-12/h3-4,14H,1,5-6,8-9H2,2H3. The van der Waals surface area contributed by atoms with Crippen LogP contribution in [0.1, 0.15) is 16.7 Å². The predicted octanol–water partition coefficient (Wildman–Crippen LogP) is 2.30. The Balaban J connectivity index is 2.07. The van der Waals surface area contributed by atoms with Gasteiger partial charge in [0.25, 0.3) is 0 Å². The van der Waals surface area contributed by atoms with Crippen LogP contribution in [0.2, 0.25) is 0 Å². The normalized spacial score (nSPS) is 10.0. The lowest BCUT2D eigenvalue weighted by Crippen LogP contribution is -2.19. The van der Waals surface area contributed by atoms with Crippen LogP contribution in [0.3, 0.4) is 0 Å². The first-order valence-electron chi connectivity index (χ1n) is 5.14. The molecule has 0 fully saturated rings. The molecule has 0 spiro atoms. The zero-order valence-corrected chi connectivity index (χ0v) is 10.3. The SMILES string of the molecule is C=C(C)COCCNCc1ccc(C#N)s1. The number of ether oxygens (including phenoxy) is 1. The minimum atomic E-state index is 0.624. The molecule has 0 bridgehead atoms. The Morgan fingerprint density at radius 2 is 2.44 bits per heavy atom. The Hall–Kier alpha value is -1.15. The molecule has 1 aromatic heterocycles. The fourth-order valence-corrected chi connectivity index (χ4v) is 1.91. The molecular weight excluding hydrogens is 220 g/mol. The van der Waals surface area contributed by atoms with E-state index in [1.807, 2.05) is 19.1 Å². The van der Waals surface area contributed by atoms with Crippen LogP contribution in [0.15, 0.2) is 24.3 Å². The maximum absolute atomic E-state index is 8.66. The minimum Gasteiger partial charge on any atom is -0.376 e. The number of thiophene rings is 1. The second-order valence-corrected chi connectivity index (χ2v) is 4.73. The van der Waals surface area contributed by atoms with Crippen molar-refractivity contribution in [1.29, 1.82) is 5.26 Å². The molecule has 1 heterocycles. The van der Waals surface area contributed by atoms with Crippen LogP contribution in [-0.2, 0) is 11.3 Å². The topological polar surface area (TPSA) is 45.0 Å². The van der Waals surface area contributed by atoms with Gasteiger partial charge in [0.15, 0.2) is 0 Å². The van der Waals surface area contributed by atoms with Crippen LogP contribution < -0.4 is 5.32 Å². The van der Waals surface area contributed by atoms with E-state index in [4.69, 9.17) is 10.00 Å². The summed E-state index contributed by atoms with van der Waals surface area (Å²) in [6, 6.07) is 5.95. The molecule has 0 atom stereocenters. The molecule has 1 N–H and O–H groups in total. The molecule has 0 aliphatic heterocycles. The minimum absolute atomic E-state index is 0.624. The molecule has 16 heavy (non-hydrogen) atoms. The van der Waals surface area contributed by atoms with E-state index in [1.165, 1.54) is 16.2 Å². The molecule has 0 aromatic carbocycles. The highest BCUT2D eigenvalue weighted by atomic mass is 32.1. The van der Waals surface area contributed by atoms with Gasteiger partial charge in [0.1, 0.15) is 10.9 Å². The van der Waals surface area contributed by atoms with Crippen molar-refractivity contribution < 1.29 is 4.74 Å². The fraction of sp³-hybridized carbons (Fsp3) is 0.417. The molecule has 4 heteroatoms. The number of hydrogen-bond acceptors (Lipinski definition) is 4. The highest BCUT2D eigenvalue weighted by molar-refractivity contribution is 7.12. The molecule has 0 aliphatic rings. The van der Waals surface area contributed by atoms with Gasteiger partial charge in [-0.05, 0) is 19.1 Å². The fourth-order valence-electron chi connectivity index (χ4n) is 1.14. The summed E-state index contributed by atoms with van der Waals surface area (Å²) in [5.74, 6) is 0. The average molecular weight is 236 g/mol. The Kier molecular flexibility index (Phi) is 5.79. The summed E-state index contributed by atoms with van der Waals surface area (Å²) in [4.78, 5) is 1.94. The number of nitriles is 1. The van der Waals surface area contributed by atoms with E-state index in [9.17, 15) is 0 Å². The Morgan fingerprint density at radius 3 is 3.06 bits per heavy atom. The maximum atomic E-state index is 8.66. The van der Waals surface area contributed by atoms with Gasteiger partial charge in [-0.2, -0.15) is 5.26 Å². The number of nitrogens with zero attached hydrogens (tertiary/aromatic N) is 1. The highest BCUT2D eigenvalue weighted by Gasteiger charge is 1.98. The largest absolute Gasteiger partial charge is 0.376 e. The second kappa shape index (κ2) is 7.18. The van der Waals surface area contributed by atoms with Crippen molar-refractivity contribution >= 4 is 11.3 Å². The average Bonchev–Trinajstić information content (AvgIpc) is 2.70. The van der Waals surface area contributed by atoms with E-state index >= 15 is 0 Å². The van der Waals surface area contributed by atoms with Gasteiger partial charge in [-0.15, -0.1) is 11.3 Å². The lowest BCUT2D eigenvalue weighted by molar-refractivity contribution is 0.158. The van der Waals surface area contributed by atoms with Crippen molar-refractivity contribution in [3.05, 3.63) is 34.0 Å². The summed E-state index contributed by atoms with van der Waals surface area (Å²) in [5, 5.41) is 11.9. The summed E-state index contributed by atoms with van der Waals surface area (Å²) >= 11 is 1.52. The number of hydrogen-bond donors (Lipinski definition) is 1. The van der Waals surface area contributed by atoms with Crippen molar-refractivity contribution in [3.63, 3.8) is 0 Å². The van der Waals surface area contributed by atoms with Gasteiger partial charge in [0.05, 0.1) is 13.2 Å². The summed E-state index contributed by atoms with van der Waals surface area (Å²) in [6.07, 6.45) is 0. The zero-order valence-electron chi connectivity index (χ0n) is 9.45. The lowest BCUT2D eigenvalue weighted by Gasteiger charge is -2.04. The third kappa shape index (κ3) is 5.08. The van der Waals surface area contributed by atoms with E-state index in [0.717, 1.165) is 23.5 Å². The van der Waals surface area contributed by atoms with Crippen LogP contribution in [0.25, 0.3) is 0 Å². The zero-order chi connectivity index (χ0) is 11.8. The predicted molar refractivity (Wildman–Crippen MR) is 66.4 cm³/mol. The quantitative estimate of drug-likeness (QED) is 0.583. The van der Waals surface area contributed by atoms with Gasteiger partial charge in [-0.3, -0.25) is 0 Å². The molecule has 0 saturated heterocycles. The molecule has 3 nitrogen and oxygen atoms in total. The van der Waals surface area contributed by atoms with Crippen LogP contribution >= 0.6 is 11.3 Å². The van der Waals surface area contributed by atoms with E-state index in [0.29, 0.717) is 13.2 Å². The van der Waals surface area contributed by atoms with Crippen molar-refractivity contribution in [3.8, 4) is 6.07 Å². The van der Waals surface area contributed by atoms with Crippen LogP contribution in [0.5, 0.6) is 0 Å². The first kappa shape index (κ1) is 12.9. The third-order valence-electron chi connectivity index (χ3n) is 1.84. The molecule has 0 aliphatic carbocycles. The van der Waals surface area contributed by atoms with Crippen LogP contribution in [-0.4, -0.2) is 19.8 Å². The van der Waals surface area contributed by atoms with E-state index < -0.39 is 0 Å². The third-order valence-corrected chi connectivity index (χ3v) is 2.83. The van der Waals surface area contributed by atoms with E-state index in [-0.39, 0.29) is 0 Å². The Labute approximate surface area is 100 Å². The Bertz CT molecular complexity index is 379. The first-order valence-corrected chi connectivity index (χ1v) is 5.95. The van der Waals surface area contributed by atoms with Gasteiger partial charge >= 0.3 is 0 Å². The summed E-state index contributed by atoms with van der Waals surface area (Å²) < 4.78 is 5.35. The number of rotatable bonds is 7. The van der Waals surface area contributed by atoms with Crippen molar-refractivity contribution in [1.82, 2.24) is 5.32 Å². The van der Waals surface area contributed by atoms with E-state index in [1.54, 1.807) is 0 Å². The summed E-state index contributed by atoms with van der Waals surface area (Å²) in [6.45, 7) is 8.62.